The average molecular weight is 439 g/mol. The van der Waals surface area contributed by atoms with Gasteiger partial charge < -0.3 is 4.42 Å². The van der Waals surface area contributed by atoms with Crippen molar-refractivity contribution in [2.45, 2.75) is 19.3 Å². The van der Waals surface area contributed by atoms with Gasteiger partial charge in [-0.05, 0) is 57.6 Å². The molecule has 0 spiro atoms. The van der Waals surface area contributed by atoms with E-state index in [9.17, 15) is 0 Å². The monoisotopic (exact) mass is 438 g/mol. The predicted molar refractivity (Wildman–Crippen MR) is 124 cm³/mol. The summed E-state index contributed by atoms with van der Waals surface area (Å²) in [5.41, 5.74) is 9.86. The largest absolute Gasteiger partial charge is 0.456 e. The maximum atomic E-state index is 6.08. The van der Waals surface area contributed by atoms with Gasteiger partial charge in [-0.3, -0.25) is 0 Å². The number of hydrogen-bond donors (Lipinski definition) is 0. The molecular formula is C27H19BrO. The van der Waals surface area contributed by atoms with E-state index in [0.717, 1.165) is 26.4 Å². The van der Waals surface area contributed by atoms with Gasteiger partial charge in [-0.2, -0.15) is 0 Å². The van der Waals surface area contributed by atoms with Gasteiger partial charge in [-0.15, -0.1) is 0 Å². The highest BCUT2D eigenvalue weighted by Gasteiger charge is 2.36. The number of hydrogen-bond acceptors (Lipinski definition) is 1. The van der Waals surface area contributed by atoms with Gasteiger partial charge in [0.2, 0.25) is 0 Å². The summed E-state index contributed by atoms with van der Waals surface area (Å²) in [6, 6.07) is 28.2. The number of rotatable bonds is 1. The normalized spacial score (nSPS) is 14.3. The molecule has 0 aliphatic heterocycles. The highest BCUT2D eigenvalue weighted by atomic mass is 79.9. The molecule has 29 heavy (non-hydrogen) atoms. The van der Waals surface area contributed by atoms with Crippen LogP contribution in [-0.4, -0.2) is 0 Å². The molecule has 1 aromatic heterocycles. The van der Waals surface area contributed by atoms with Crippen molar-refractivity contribution in [2.24, 2.45) is 0 Å². The Morgan fingerprint density at radius 3 is 2.38 bits per heavy atom. The van der Waals surface area contributed by atoms with Crippen molar-refractivity contribution >= 4 is 37.9 Å². The molecular weight excluding hydrogens is 420 g/mol. The summed E-state index contributed by atoms with van der Waals surface area (Å²) < 4.78 is 7.14. The maximum absolute atomic E-state index is 6.08. The Hall–Kier alpha value is -2.84. The molecule has 1 nitrogen and oxygen atoms in total. The lowest BCUT2D eigenvalue weighted by molar-refractivity contribution is 0.660. The minimum absolute atomic E-state index is 0.0113. The number of furan rings is 1. The first-order valence-electron chi connectivity index (χ1n) is 9.90. The molecule has 0 fully saturated rings. The van der Waals surface area contributed by atoms with Crippen LogP contribution in [0.3, 0.4) is 0 Å². The van der Waals surface area contributed by atoms with Gasteiger partial charge in [-0.25, -0.2) is 0 Å². The Morgan fingerprint density at radius 2 is 1.48 bits per heavy atom. The summed E-state index contributed by atoms with van der Waals surface area (Å²) in [6.45, 7) is 4.65. The molecule has 2 heteroatoms. The van der Waals surface area contributed by atoms with Crippen LogP contribution in [0.2, 0.25) is 0 Å². The zero-order chi connectivity index (χ0) is 19.8. The fraction of sp³-hybridized carbons (Fsp3) is 0.111. The summed E-state index contributed by atoms with van der Waals surface area (Å²) >= 11 is 3.70. The molecule has 1 aliphatic carbocycles. The molecule has 140 valence electrons. The van der Waals surface area contributed by atoms with Crippen LogP contribution in [0.15, 0.2) is 87.8 Å². The van der Waals surface area contributed by atoms with Crippen molar-refractivity contribution in [3.63, 3.8) is 0 Å². The van der Waals surface area contributed by atoms with Crippen molar-refractivity contribution in [1.82, 2.24) is 0 Å². The fourth-order valence-electron chi connectivity index (χ4n) is 4.95. The van der Waals surface area contributed by atoms with E-state index in [-0.39, 0.29) is 5.41 Å². The lowest BCUT2D eigenvalue weighted by Crippen LogP contribution is -2.14. The third-order valence-corrected chi connectivity index (χ3v) is 7.02. The van der Waals surface area contributed by atoms with Crippen LogP contribution in [0.25, 0.3) is 44.2 Å². The fourth-order valence-corrected chi connectivity index (χ4v) is 5.51. The molecule has 0 amide bonds. The molecule has 5 aromatic rings. The zero-order valence-electron chi connectivity index (χ0n) is 16.3. The molecule has 0 saturated heterocycles. The summed E-state index contributed by atoms with van der Waals surface area (Å²) in [7, 11) is 0. The second-order valence-electron chi connectivity index (χ2n) is 8.32. The van der Waals surface area contributed by atoms with E-state index in [2.05, 4.69) is 96.5 Å². The Morgan fingerprint density at radius 1 is 0.724 bits per heavy atom. The number of halogens is 1. The van der Waals surface area contributed by atoms with E-state index >= 15 is 0 Å². The molecule has 4 aromatic carbocycles. The van der Waals surface area contributed by atoms with Crippen molar-refractivity contribution < 1.29 is 4.42 Å². The molecule has 0 saturated carbocycles. The summed E-state index contributed by atoms with van der Waals surface area (Å²) in [6.07, 6.45) is 0. The number of benzene rings is 4. The first kappa shape index (κ1) is 17.1. The smallest absolute Gasteiger partial charge is 0.136 e. The minimum Gasteiger partial charge on any atom is -0.456 e. The van der Waals surface area contributed by atoms with Crippen molar-refractivity contribution in [1.29, 1.82) is 0 Å². The second kappa shape index (κ2) is 5.84. The lowest BCUT2D eigenvalue weighted by Gasteiger charge is -2.21. The van der Waals surface area contributed by atoms with Crippen molar-refractivity contribution in [3.8, 4) is 22.3 Å². The third kappa shape index (κ3) is 2.27. The highest BCUT2D eigenvalue weighted by Crippen LogP contribution is 2.52. The van der Waals surface area contributed by atoms with Gasteiger partial charge in [-0.1, -0.05) is 84.4 Å². The molecule has 0 unspecified atom stereocenters. The van der Waals surface area contributed by atoms with Crippen LogP contribution in [0, 0.1) is 0 Å². The summed E-state index contributed by atoms with van der Waals surface area (Å²) in [5, 5.41) is 2.28. The minimum atomic E-state index is 0.0113. The topological polar surface area (TPSA) is 13.1 Å². The molecule has 0 N–H and O–H groups in total. The van der Waals surface area contributed by atoms with E-state index < -0.39 is 0 Å². The SMILES string of the molecule is CC1(C)c2ccccc2-c2c(-c3ccc4oc5cccc(Br)c5c4c3)cccc21. The first-order chi connectivity index (χ1) is 14.1. The van der Waals surface area contributed by atoms with E-state index in [1.54, 1.807) is 0 Å². The van der Waals surface area contributed by atoms with Gasteiger partial charge in [0.25, 0.3) is 0 Å². The summed E-state index contributed by atoms with van der Waals surface area (Å²) in [5.74, 6) is 0. The zero-order valence-corrected chi connectivity index (χ0v) is 17.9. The lowest BCUT2D eigenvalue weighted by atomic mass is 9.82. The summed E-state index contributed by atoms with van der Waals surface area (Å²) in [4.78, 5) is 0. The third-order valence-electron chi connectivity index (χ3n) is 6.36. The van der Waals surface area contributed by atoms with Crippen LogP contribution >= 0.6 is 15.9 Å². The van der Waals surface area contributed by atoms with Gasteiger partial charge in [0.05, 0.1) is 0 Å². The highest BCUT2D eigenvalue weighted by molar-refractivity contribution is 9.10. The average Bonchev–Trinajstić information content (AvgIpc) is 3.22. The second-order valence-corrected chi connectivity index (χ2v) is 9.18. The first-order valence-corrected chi connectivity index (χ1v) is 10.7. The maximum Gasteiger partial charge on any atom is 0.136 e. The quantitative estimate of drug-likeness (QED) is 0.256. The van der Waals surface area contributed by atoms with E-state index in [1.807, 2.05) is 12.1 Å². The Balaban J connectivity index is 1.67. The number of fused-ring (bicyclic) bond motifs is 6. The van der Waals surface area contributed by atoms with Crippen molar-refractivity contribution in [3.05, 3.63) is 94.5 Å². The van der Waals surface area contributed by atoms with E-state index in [4.69, 9.17) is 4.42 Å². The van der Waals surface area contributed by atoms with Crippen LogP contribution in [0.1, 0.15) is 25.0 Å². The molecule has 0 radical (unpaired) electrons. The van der Waals surface area contributed by atoms with Crippen LogP contribution in [0.4, 0.5) is 0 Å². The van der Waals surface area contributed by atoms with Gasteiger partial charge >= 0.3 is 0 Å². The van der Waals surface area contributed by atoms with Crippen LogP contribution in [0.5, 0.6) is 0 Å². The molecule has 6 rings (SSSR count). The molecule has 0 bridgehead atoms. The van der Waals surface area contributed by atoms with Gasteiger partial charge in [0.15, 0.2) is 0 Å². The van der Waals surface area contributed by atoms with Crippen LogP contribution in [-0.2, 0) is 5.41 Å². The predicted octanol–water partition coefficient (Wildman–Crippen LogP) is 8.32. The Labute approximate surface area is 178 Å². The van der Waals surface area contributed by atoms with Gasteiger partial charge in [0.1, 0.15) is 11.2 Å². The van der Waals surface area contributed by atoms with Crippen LogP contribution < -0.4 is 0 Å². The van der Waals surface area contributed by atoms with Gasteiger partial charge in [0, 0.05) is 20.7 Å². The molecule has 1 aliphatic rings. The Bertz CT molecular complexity index is 1440. The van der Waals surface area contributed by atoms with E-state index in [0.29, 0.717) is 0 Å². The standard InChI is InChI=1S/C27H19BrO/c1-27(2)20-9-4-3-7-18(20)25-17(8-5-10-21(25)27)16-13-14-23-19(15-16)26-22(28)11-6-12-24(26)29-23/h3-15H,1-2H3. The molecule has 0 atom stereocenters. The molecule has 1 heterocycles. The van der Waals surface area contributed by atoms with Crippen molar-refractivity contribution in [2.75, 3.05) is 0 Å². The van der Waals surface area contributed by atoms with E-state index in [1.165, 1.54) is 33.4 Å². The Kier molecular flexibility index (Phi) is 3.43.